The van der Waals surface area contributed by atoms with Crippen LogP contribution in [0.4, 0.5) is 0 Å². The van der Waals surface area contributed by atoms with E-state index >= 15 is 0 Å². The number of carbonyl (C=O) groups excluding carboxylic acids is 5. The van der Waals surface area contributed by atoms with Gasteiger partial charge in [0, 0.05) is 47.5 Å². The van der Waals surface area contributed by atoms with Crippen molar-refractivity contribution in [1.29, 1.82) is 0 Å². The first-order valence-electron chi connectivity index (χ1n) is 43.3. The van der Waals surface area contributed by atoms with E-state index in [9.17, 15) is 197 Å². The molecule has 0 bridgehead atoms. The summed E-state index contributed by atoms with van der Waals surface area (Å²) in [6, 6.07) is -9.97. The van der Waals surface area contributed by atoms with E-state index in [0.29, 0.717) is 0 Å². The van der Waals surface area contributed by atoms with Crippen LogP contribution in [0.5, 0.6) is 0 Å². The second-order valence-corrected chi connectivity index (χ2v) is 34.3. The molecule has 0 radical (unpaired) electrons. The van der Waals surface area contributed by atoms with Crippen molar-refractivity contribution in [2.75, 3.05) is 72.7 Å². The van der Waals surface area contributed by atoms with E-state index in [1.807, 2.05) is 0 Å². The van der Waals surface area contributed by atoms with Crippen LogP contribution in [0, 0.1) is 0 Å². The highest BCUT2D eigenvalue weighted by Crippen LogP contribution is 2.44. The summed E-state index contributed by atoms with van der Waals surface area (Å²) in [5.74, 6) is -16.1. The highest BCUT2D eigenvalue weighted by Gasteiger charge is 2.66. The molecule has 9 aliphatic rings. The SMILES string of the molecule is CC(=O)N[C@H]1[C@H](OC[C@H]2O[C@@H](O[C@H]3[C@H](O)[C@@H](NC(C)=O)[C@H](O[C@H]4[C@@H](O)[C@@H](CO)O[C@@H](O[C@@H]([C@H](O)[C@@H](O)CO)[C@H](O)CO)[C@@H]4O)O[C@@H]3CO)[C@H](O)[C@@H](O[C@@H]3O[C@H](CO)[C@@H](O[C@@H]4O[C@H](CO)[C@H](O)[C@H](O[C@]5(C(=O)O)C[C@H](O)[C@@H](NC(C)=O)[C@H]([C@H](O)[C@H](O)CO)O5)[C@H]4O)[C@H](O)[C@H]3NC(C)=O)[C@H]2O)O[C@H](CO)[C@@H](O[C@@H]2O[C@H](CO)[C@H](O)[C@H](O[C@]3(C(=O)O)C[C@H](O)[C@@H](NC(C)=O)[C@H]([C@H](O)[C@H](O)CO)O3)[C@H]2O)[C@@H]1O. The van der Waals surface area contributed by atoms with Gasteiger partial charge in [0.15, 0.2) is 44.0 Å². The maximum Gasteiger partial charge on any atom is 0.364 e. The Morgan fingerprint density at radius 1 is 0.312 bits per heavy atom. The third-order valence-electron chi connectivity index (χ3n) is 24.5. The number of hydrogen-bond acceptors (Lipinski definition) is 55. The average molecular weight is 2020 g/mol. The van der Waals surface area contributed by atoms with Gasteiger partial charge in [-0.2, -0.15) is 0 Å². The lowest BCUT2D eigenvalue weighted by atomic mass is 9.88. The number of rotatable bonds is 43. The number of amides is 5. The van der Waals surface area contributed by atoms with Gasteiger partial charge >= 0.3 is 11.9 Å². The summed E-state index contributed by atoms with van der Waals surface area (Å²) in [6.45, 7) is -9.45. The van der Waals surface area contributed by atoms with Crippen molar-refractivity contribution in [2.24, 2.45) is 0 Å². The smallest absolute Gasteiger partial charge is 0.364 e. The summed E-state index contributed by atoms with van der Waals surface area (Å²) >= 11 is 0. The van der Waals surface area contributed by atoms with Crippen LogP contribution in [-0.2, 0) is 119 Å². The molecule has 5 amide bonds. The van der Waals surface area contributed by atoms with Gasteiger partial charge in [-0.3, -0.25) is 24.0 Å². The molecule has 9 rings (SSSR count). The Hall–Kier alpha value is -5.63. The number of aliphatic carboxylic acids is 2. The van der Waals surface area contributed by atoms with Gasteiger partial charge in [0.2, 0.25) is 29.5 Å². The third kappa shape index (κ3) is 26.1. The molecule has 0 unspecified atom stereocenters. The minimum absolute atomic E-state index is 0.826. The van der Waals surface area contributed by atoms with E-state index in [1.54, 1.807) is 0 Å². The number of ether oxygens (including phenoxy) is 18. The van der Waals surface area contributed by atoms with Crippen LogP contribution in [0.25, 0.3) is 0 Å². The Kier molecular flexibility index (Phi) is 42.4. The van der Waals surface area contributed by atoms with Gasteiger partial charge in [-0.25, -0.2) is 9.59 Å². The minimum atomic E-state index is -3.36. The van der Waals surface area contributed by atoms with E-state index in [0.717, 1.165) is 34.6 Å². The zero-order chi connectivity index (χ0) is 103. The van der Waals surface area contributed by atoms with Gasteiger partial charge in [-0.1, -0.05) is 0 Å². The fraction of sp³-hybridized carbons (Fsp3) is 0.908. The van der Waals surface area contributed by atoms with Gasteiger partial charge < -0.3 is 275 Å². The molecule has 9 aliphatic heterocycles. The molecule has 9 heterocycles. The summed E-state index contributed by atoms with van der Waals surface area (Å²) in [6.07, 6.45) is -104. The average Bonchev–Trinajstić information content (AvgIpc) is 0.750. The quantitative estimate of drug-likeness (QED) is 0.0270. The normalized spacial score (nSPS) is 43.7. The van der Waals surface area contributed by atoms with Crippen LogP contribution < -0.4 is 26.6 Å². The lowest BCUT2D eigenvalue weighted by molar-refractivity contribution is -0.393. The van der Waals surface area contributed by atoms with Crippen molar-refractivity contribution in [2.45, 2.75) is 359 Å². The second-order valence-electron chi connectivity index (χ2n) is 34.3. The summed E-state index contributed by atoms with van der Waals surface area (Å²) < 4.78 is 106. The number of aliphatic hydroxyl groups excluding tert-OH is 30. The van der Waals surface area contributed by atoms with Crippen molar-refractivity contribution in [3.05, 3.63) is 0 Å². The lowest BCUT2D eigenvalue weighted by Gasteiger charge is -2.51. The van der Waals surface area contributed by atoms with E-state index < -0.39 is 439 Å². The molecule has 0 aromatic heterocycles. The molecule has 51 atom stereocenters. The molecule has 62 nitrogen and oxygen atoms in total. The van der Waals surface area contributed by atoms with E-state index in [2.05, 4.69) is 26.6 Å². The Balaban J connectivity index is 1.05. The van der Waals surface area contributed by atoms with Crippen LogP contribution >= 0.6 is 0 Å². The molecular formula is C76H127N5O57. The van der Waals surface area contributed by atoms with Gasteiger partial charge in [0.1, 0.15) is 232 Å². The first-order chi connectivity index (χ1) is 64.9. The first-order valence-corrected chi connectivity index (χ1v) is 43.3. The van der Waals surface area contributed by atoms with Crippen molar-refractivity contribution in [3.8, 4) is 0 Å². The maximum atomic E-state index is 13.4. The second kappa shape index (κ2) is 50.5. The van der Waals surface area contributed by atoms with E-state index in [1.165, 1.54) is 0 Å². The summed E-state index contributed by atoms with van der Waals surface area (Å²) in [7, 11) is 0. The largest absolute Gasteiger partial charge is 0.477 e. The fourth-order valence-corrected chi connectivity index (χ4v) is 17.4. The maximum absolute atomic E-state index is 13.4. The number of hydrogen-bond donors (Lipinski definition) is 37. The minimum Gasteiger partial charge on any atom is -0.477 e. The summed E-state index contributed by atoms with van der Waals surface area (Å²) in [5, 5.41) is 367. The molecule has 0 saturated carbocycles. The number of carbonyl (C=O) groups is 7. The van der Waals surface area contributed by atoms with Gasteiger partial charge in [0.05, 0.1) is 97.0 Å². The number of carboxylic acids is 2. The monoisotopic (exact) mass is 2020 g/mol. The van der Waals surface area contributed by atoms with Gasteiger partial charge in [-0.15, -0.1) is 0 Å². The fourth-order valence-electron chi connectivity index (χ4n) is 17.4. The number of carboxylic acid groups (broad SMARTS) is 2. The summed E-state index contributed by atoms with van der Waals surface area (Å²) in [4.78, 5) is 91.1. The highest BCUT2D eigenvalue weighted by molar-refractivity contribution is 5.78. The van der Waals surface area contributed by atoms with E-state index in [4.69, 9.17) is 85.3 Å². The molecule has 62 heteroatoms. The van der Waals surface area contributed by atoms with Crippen LogP contribution in [0.15, 0.2) is 0 Å². The topological polar surface area (TPSA) is 993 Å². The summed E-state index contributed by atoms with van der Waals surface area (Å²) in [5.41, 5.74) is 0. The first kappa shape index (κ1) is 116. The molecule has 0 aromatic carbocycles. The predicted octanol–water partition coefficient (Wildman–Crippen LogP) is -24.0. The zero-order valence-corrected chi connectivity index (χ0v) is 74.0. The molecule has 37 N–H and O–H groups in total. The van der Waals surface area contributed by atoms with Gasteiger partial charge in [-0.05, 0) is 0 Å². The zero-order valence-electron chi connectivity index (χ0n) is 74.0. The Bertz CT molecular complexity index is 3870. The van der Waals surface area contributed by atoms with Gasteiger partial charge in [0.25, 0.3) is 11.6 Å². The molecular weight excluding hydrogens is 1890 g/mol. The molecule has 798 valence electrons. The predicted molar refractivity (Wildman–Crippen MR) is 424 cm³/mol. The molecule has 138 heavy (non-hydrogen) atoms. The molecule has 9 fully saturated rings. The molecule has 0 aliphatic carbocycles. The van der Waals surface area contributed by atoms with Crippen LogP contribution in [0.3, 0.4) is 0 Å². The standard InChI is InChI=1S/C76H127N5O57/c1-19(92)77-37-24(97)6-75(73(117)118,135-60(37)43(104)27(100)9-83)137-64-46(107)31(13-87)123-71(54(64)115)131-57-33(15-89)125-66(39(49(57)110)79-21(3)94)121-18-36-48(109)63(53(114)70(128-36)130-58-34(16-90)126-67(40(50(58)111)80-22(4)95)133-62-45(106)30(12-86)122-69(52(62)113)129-56(29(102)11-85)42(103)26(99)8-82)134-68-41(81-23(5)96)51(112)59(35(17-91)127-68)132-72-55(116)65(47(108)32(14-88)124-72)138-76(74(119)120)7-25(98)38(78-20(2)93)61(136-76)44(105)28(101)10-84/h24-72,82-91,97-116H,6-18H2,1-5H3,(H,77,92)(H,78,93)(H,79,94)(H,80,95)(H,81,96)(H,117,118)(H,119,120)/t24-,25-,26-,27+,28+,29+,30+,31+,32+,33+,34+,35+,36+,37+,38+,39+,40+,41+,42+,43+,44+,45-,46-,47-,48-,49+,50+,51+,52+,53+,54+,55+,56+,57+,58+,59+,60+,61+,62-,63-,64-,65-,66+,67-,68-,69-,70-,71-,72-,75-,76-/m0/s1. The molecule has 0 spiro atoms. The van der Waals surface area contributed by atoms with Crippen molar-refractivity contribution in [1.82, 2.24) is 26.6 Å². The van der Waals surface area contributed by atoms with E-state index in [-0.39, 0.29) is 0 Å². The van der Waals surface area contributed by atoms with Crippen LogP contribution in [0.2, 0.25) is 0 Å². The number of aliphatic hydroxyl groups is 30. The van der Waals surface area contributed by atoms with Crippen molar-refractivity contribution >= 4 is 41.5 Å². The highest BCUT2D eigenvalue weighted by atomic mass is 16.8. The lowest BCUT2D eigenvalue weighted by Crippen LogP contribution is -2.71. The molecule has 9 saturated heterocycles. The molecule has 0 aromatic rings. The Labute approximate surface area is 779 Å². The van der Waals surface area contributed by atoms with Crippen LogP contribution in [-0.4, -0.2) is 589 Å². The van der Waals surface area contributed by atoms with Crippen molar-refractivity contribution < 1.29 is 282 Å². The van der Waals surface area contributed by atoms with Crippen molar-refractivity contribution in [3.63, 3.8) is 0 Å². The third-order valence-corrected chi connectivity index (χ3v) is 24.5. The Morgan fingerprint density at radius 2 is 0.580 bits per heavy atom. The van der Waals surface area contributed by atoms with Crippen LogP contribution in [0.1, 0.15) is 47.5 Å². The number of nitrogens with one attached hydrogen (secondary N) is 5. The Morgan fingerprint density at radius 3 is 0.899 bits per heavy atom.